The number of imidazole rings is 1. The van der Waals surface area contributed by atoms with Crippen molar-refractivity contribution in [1.29, 1.82) is 0 Å². The van der Waals surface area contributed by atoms with E-state index < -0.39 is 90.2 Å². The van der Waals surface area contributed by atoms with Crippen LogP contribution >= 0.6 is 0 Å². The Morgan fingerprint density at radius 1 is 1.13 bits per heavy atom. The van der Waals surface area contributed by atoms with Crippen LogP contribution in [0.25, 0.3) is 0 Å². The molecule has 0 aliphatic carbocycles. The highest BCUT2D eigenvalue weighted by Crippen LogP contribution is 2.35. The molecule has 9 nitrogen and oxygen atoms in total. The Bertz CT molecular complexity index is 1290. The van der Waals surface area contributed by atoms with Crippen molar-refractivity contribution in [3.05, 3.63) is 52.4 Å². The molecular weight excluding hydrogens is 538 g/mol. The van der Waals surface area contributed by atoms with Gasteiger partial charge < -0.3 is 24.6 Å². The van der Waals surface area contributed by atoms with Crippen LogP contribution in [0.2, 0.25) is 0 Å². The van der Waals surface area contributed by atoms with Crippen LogP contribution in [0.15, 0.2) is 12.1 Å². The number of aromatic carboxylic acids is 1. The minimum Gasteiger partial charge on any atom is -0.476 e. The summed E-state index contributed by atoms with van der Waals surface area (Å²) in [5, 5.41) is 11.8. The highest BCUT2D eigenvalue weighted by Gasteiger charge is 2.43. The van der Waals surface area contributed by atoms with E-state index in [1.165, 1.54) is 6.92 Å². The second kappa shape index (κ2) is 10.8. The molecule has 3 rings (SSSR count). The number of nitrogens with zero attached hydrogens (tertiary/aromatic N) is 3. The quantitative estimate of drug-likeness (QED) is 0.396. The molecular formula is C24H26F6N4O5. The standard InChI is InChI=1S/C24H26F6N4O5/c1-11-9-33(10-17-19(20(36)37)32-21(34(11)17)24(28,29)30)18(35)7-13(31-22(38)39-23(2,3)4)5-12-6-15(26)16(27)8-14(12)25/h6,8,11,13H,5,7,9-10H2,1-4H3,(H,31,38)(H,36,37)/t11-,13?/m1/s1. The van der Waals surface area contributed by atoms with E-state index in [0.29, 0.717) is 12.1 Å². The summed E-state index contributed by atoms with van der Waals surface area (Å²) in [7, 11) is 0. The highest BCUT2D eigenvalue weighted by molar-refractivity contribution is 5.87. The van der Waals surface area contributed by atoms with Gasteiger partial charge in [-0.1, -0.05) is 0 Å². The van der Waals surface area contributed by atoms with E-state index in [1.54, 1.807) is 20.8 Å². The zero-order valence-electron chi connectivity index (χ0n) is 21.3. The van der Waals surface area contributed by atoms with E-state index in [4.69, 9.17) is 4.74 Å². The number of amides is 2. The lowest BCUT2D eigenvalue weighted by Crippen LogP contribution is -2.46. The van der Waals surface area contributed by atoms with Gasteiger partial charge in [-0.05, 0) is 45.7 Å². The second-order valence-corrected chi connectivity index (χ2v) is 10.1. The number of alkyl halides is 3. The lowest BCUT2D eigenvalue weighted by molar-refractivity contribution is -0.149. The van der Waals surface area contributed by atoms with Gasteiger partial charge in [-0.15, -0.1) is 0 Å². The molecule has 2 heterocycles. The average Bonchev–Trinajstić information content (AvgIpc) is 3.17. The van der Waals surface area contributed by atoms with Crippen molar-refractivity contribution < 1.29 is 50.6 Å². The van der Waals surface area contributed by atoms with Crippen LogP contribution in [0, 0.1) is 17.5 Å². The van der Waals surface area contributed by atoms with E-state index >= 15 is 0 Å². The summed E-state index contributed by atoms with van der Waals surface area (Å²) >= 11 is 0. The molecule has 0 fully saturated rings. The molecule has 0 saturated heterocycles. The molecule has 0 spiro atoms. The van der Waals surface area contributed by atoms with Crippen LogP contribution in [0.1, 0.15) is 67.7 Å². The molecule has 1 aromatic heterocycles. The Kier molecular flexibility index (Phi) is 8.22. The molecule has 39 heavy (non-hydrogen) atoms. The molecule has 2 amide bonds. The van der Waals surface area contributed by atoms with Crippen molar-refractivity contribution in [1.82, 2.24) is 19.8 Å². The molecule has 0 bridgehead atoms. The Balaban J connectivity index is 1.89. The number of benzene rings is 1. The van der Waals surface area contributed by atoms with Crippen LogP contribution in [0.4, 0.5) is 31.1 Å². The molecule has 2 aromatic rings. The van der Waals surface area contributed by atoms with Gasteiger partial charge in [0.25, 0.3) is 0 Å². The van der Waals surface area contributed by atoms with Gasteiger partial charge in [-0.3, -0.25) is 4.79 Å². The van der Waals surface area contributed by atoms with E-state index in [2.05, 4.69) is 10.3 Å². The Labute approximate surface area is 218 Å². The fourth-order valence-electron chi connectivity index (χ4n) is 4.27. The summed E-state index contributed by atoms with van der Waals surface area (Å²) in [6.45, 7) is 5.24. The first-order valence-corrected chi connectivity index (χ1v) is 11.7. The number of fused-ring (bicyclic) bond motifs is 1. The molecule has 2 atom stereocenters. The Morgan fingerprint density at radius 2 is 1.74 bits per heavy atom. The number of carbonyl (C=O) groups is 3. The largest absolute Gasteiger partial charge is 0.476 e. The fraction of sp³-hybridized carbons (Fsp3) is 0.500. The number of nitrogens with one attached hydrogen (secondary N) is 1. The summed E-state index contributed by atoms with van der Waals surface area (Å²) in [6, 6.07) is -1.33. The summed E-state index contributed by atoms with van der Waals surface area (Å²) in [5.41, 5.74) is -2.50. The van der Waals surface area contributed by atoms with E-state index in [9.17, 15) is 45.8 Å². The molecule has 15 heteroatoms. The maximum absolute atomic E-state index is 14.3. The third kappa shape index (κ3) is 7.00. The minimum absolute atomic E-state index is 0.261. The molecule has 1 aliphatic rings. The second-order valence-electron chi connectivity index (χ2n) is 10.1. The molecule has 1 aromatic carbocycles. The normalized spacial score (nSPS) is 16.5. The zero-order valence-corrected chi connectivity index (χ0v) is 21.3. The molecule has 2 N–H and O–H groups in total. The SMILES string of the molecule is C[C@@H]1CN(C(=O)CC(Cc2cc(F)c(F)cc2F)NC(=O)OC(C)(C)C)Cc2c(C(=O)O)nc(C(F)(F)F)n21. The maximum Gasteiger partial charge on any atom is 0.449 e. The lowest BCUT2D eigenvalue weighted by atomic mass is 10.0. The smallest absolute Gasteiger partial charge is 0.449 e. The Morgan fingerprint density at radius 3 is 2.31 bits per heavy atom. The van der Waals surface area contributed by atoms with Gasteiger partial charge in [0.2, 0.25) is 11.7 Å². The van der Waals surface area contributed by atoms with Crippen molar-refractivity contribution in [3.63, 3.8) is 0 Å². The average molecular weight is 564 g/mol. The van der Waals surface area contributed by atoms with E-state index in [0.717, 1.165) is 9.47 Å². The number of carboxylic acid groups (broad SMARTS) is 1. The number of alkyl carbamates (subject to hydrolysis) is 1. The van der Waals surface area contributed by atoms with Crippen LogP contribution in [0.3, 0.4) is 0 Å². The molecule has 1 unspecified atom stereocenters. The van der Waals surface area contributed by atoms with Gasteiger partial charge in [-0.25, -0.2) is 27.7 Å². The van der Waals surface area contributed by atoms with Crippen molar-refractivity contribution in [3.8, 4) is 0 Å². The number of ether oxygens (including phenoxy) is 1. The van der Waals surface area contributed by atoms with Crippen LogP contribution in [0.5, 0.6) is 0 Å². The summed E-state index contributed by atoms with van der Waals surface area (Å²) in [4.78, 5) is 41.5. The first kappa shape index (κ1) is 29.8. The van der Waals surface area contributed by atoms with Gasteiger partial charge in [0, 0.05) is 25.1 Å². The minimum atomic E-state index is -4.94. The maximum atomic E-state index is 14.3. The van der Waals surface area contributed by atoms with Crippen LogP contribution in [-0.2, 0) is 28.7 Å². The molecule has 0 saturated carbocycles. The van der Waals surface area contributed by atoms with E-state index in [-0.39, 0.29) is 17.8 Å². The summed E-state index contributed by atoms with van der Waals surface area (Å²) < 4.78 is 87.8. The van der Waals surface area contributed by atoms with Gasteiger partial charge >= 0.3 is 18.2 Å². The van der Waals surface area contributed by atoms with Gasteiger partial charge in [0.15, 0.2) is 17.3 Å². The summed E-state index contributed by atoms with van der Waals surface area (Å²) in [6.07, 6.45) is -6.95. The number of halogens is 6. The van der Waals surface area contributed by atoms with Crippen LogP contribution < -0.4 is 5.32 Å². The predicted molar refractivity (Wildman–Crippen MR) is 122 cm³/mol. The first-order valence-electron chi connectivity index (χ1n) is 11.7. The predicted octanol–water partition coefficient (Wildman–Crippen LogP) is 4.45. The fourth-order valence-corrected chi connectivity index (χ4v) is 4.27. The van der Waals surface area contributed by atoms with Crippen molar-refractivity contribution in [2.45, 2.75) is 70.9 Å². The zero-order chi connectivity index (χ0) is 29.4. The molecule has 0 radical (unpaired) electrons. The number of hydrogen-bond donors (Lipinski definition) is 2. The van der Waals surface area contributed by atoms with Crippen LogP contribution in [-0.4, -0.2) is 55.7 Å². The lowest BCUT2D eigenvalue weighted by Gasteiger charge is -2.35. The molecule has 1 aliphatic heterocycles. The van der Waals surface area contributed by atoms with Crippen molar-refractivity contribution >= 4 is 18.0 Å². The topological polar surface area (TPSA) is 114 Å². The molecule has 214 valence electrons. The first-order chi connectivity index (χ1) is 17.9. The Hall–Kier alpha value is -3.78. The number of aromatic nitrogens is 2. The third-order valence-electron chi connectivity index (χ3n) is 5.78. The highest BCUT2D eigenvalue weighted by atomic mass is 19.4. The van der Waals surface area contributed by atoms with Crippen molar-refractivity contribution in [2.75, 3.05) is 6.54 Å². The third-order valence-corrected chi connectivity index (χ3v) is 5.78. The van der Waals surface area contributed by atoms with E-state index in [1.807, 2.05) is 0 Å². The number of carbonyl (C=O) groups excluding carboxylic acids is 2. The summed E-state index contributed by atoms with van der Waals surface area (Å²) in [5.74, 6) is -7.77. The van der Waals surface area contributed by atoms with Crippen molar-refractivity contribution in [2.24, 2.45) is 0 Å². The number of hydrogen-bond acceptors (Lipinski definition) is 5. The monoisotopic (exact) mass is 564 g/mol. The van der Waals surface area contributed by atoms with Gasteiger partial charge in [-0.2, -0.15) is 13.2 Å². The number of carboxylic acids is 1. The van der Waals surface area contributed by atoms with Gasteiger partial charge in [0.1, 0.15) is 11.4 Å². The number of rotatable bonds is 6. The van der Waals surface area contributed by atoms with Gasteiger partial charge in [0.05, 0.1) is 18.3 Å².